The molecule has 1 rings (SSSR count). The van der Waals surface area contributed by atoms with Crippen molar-refractivity contribution in [2.75, 3.05) is 13.7 Å². The second-order valence-corrected chi connectivity index (χ2v) is 4.31. The van der Waals surface area contributed by atoms with Crippen molar-refractivity contribution in [1.29, 1.82) is 0 Å². The number of carbonyl (C=O) groups is 2. The van der Waals surface area contributed by atoms with Crippen LogP contribution in [0.4, 0.5) is 13.2 Å². The zero-order valence-corrected chi connectivity index (χ0v) is 11.7. The van der Waals surface area contributed by atoms with Crippen LogP contribution in [0.2, 0.25) is 0 Å². The molecule has 0 aliphatic carbocycles. The number of hydrogen-bond acceptors (Lipinski definition) is 4. The molecule has 1 aromatic rings. The van der Waals surface area contributed by atoms with Gasteiger partial charge in [0.1, 0.15) is 6.42 Å². The van der Waals surface area contributed by atoms with Gasteiger partial charge in [0.05, 0.1) is 7.11 Å². The van der Waals surface area contributed by atoms with E-state index in [-0.39, 0.29) is 24.7 Å². The van der Waals surface area contributed by atoms with E-state index < -0.39 is 24.4 Å². The molecule has 0 fully saturated rings. The van der Waals surface area contributed by atoms with Crippen molar-refractivity contribution >= 4 is 11.8 Å². The van der Waals surface area contributed by atoms with Gasteiger partial charge in [-0.15, -0.1) is 0 Å². The molecule has 122 valence electrons. The summed E-state index contributed by atoms with van der Waals surface area (Å²) < 4.78 is 46.2. The van der Waals surface area contributed by atoms with E-state index in [9.17, 15) is 22.8 Å². The Morgan fingerprint density at radius 1 is 1.27 bits per heavy atom. The van der Waals surface area contributed by atoms with Crippen molar-refractivity contribution in [1.82, 2.24) is 5.32 Å². The van der Waals surface area contributed by atoms with Gasteiger partial charge >= 0.3 is 6.18 Å². The zero-order chi connectivity index (χ0) is 16.8. The number of nitrogens with one attached hydrogen (secondary N) is 1. The van der Waals surface area contributed by atoms with E-state index in [2.05, 4.69) is 5.32 Å². The maximum Gasteiger partial charge on any atom is 0.397 e. The summed E-state index contributed by atoms with van der Waals surface area (Å²) in [5.74, 6) is -1.26. The Morgan fingerprint density at radius 2 is 1.95 bits per heavy atom. The van der Waals surface area contributed by atoms with Crippen LogP contribution in [0, 0.1) is 0 Å². The van der Waals surface area contributed by atoms with Crippen molar-refractivity contribution < 1.29 is 32.2 Å². The van der Waals surface area contributed by atoms with Crippen LogP contribution in [0.25, 0.3) is 0 Å². The fraction of sp³-hybridized carbons (Fsp3) is 0.385. The van der Waals surface area contributed by atoms with Crippen molar-refractivity contribution in [3.05, 3.63) is 23.8 Å². The van der Waals surface area contributed by atoms with Crippen molar-refractivity contribution in [3.8, 4) is 11.5 Å². The predicted octanol–water partition coefficient (Wildman–Crippen LogP) is 1.13. The third kappa shape index (κ3) is 6.33. The van der Waals surface area contributed by atoms with Gasteiger partial charge in [-0.25, -0.2) is 0 Å². The van der Waals surface area contributed by atoms with Crippen molar-refractivity contribution in [2.45, 2.75) is 19.1 Å². The van der Waals surface area contributed by atoms with Gasteiger partial charge in [0.2, 0.25) is 5.91 Å². The summed E-state index contributed by atoms with van der Waals surface area (Å²) in [5, 5.41) is 2.15. The standard InChI is InChI=1S/C13H15F3N2O4/c1-21-10-4-8(2-3-9(10)22-7-11(17)19)6-18-12(20)5-13(14,15)16/h2-4H,5-7H2,1H3,(H2,17,19)(H,18,20). The number of carbonyl (C=O) groups excluding carboxylic acids is 2. The molecule has 1 aromatic carbocycles. The fourth-order valence-corrected chi connectivity index (χ4v) is 1.54. The summed E-state index contributed by atoms with van der Waals surface area (Å²) >= 11 is 0. The maximum atomic E-state index is 12.0. The average molecular weight is 320 g/mol. The molecule has 0 spiro atoms. The number of halogens is 3. The van der Waals surface area contributed by atoms with Crippen molar-refractivity contribution in [2.24, 2.45) is 5.73 Å². The van der Waals surface area contributed by atoms with E-state index in [1.54, 1.807) is 0 Å². The largest absolute Gasteiger partial charge is 0.493 e. The van der Waals surface area contributed by atoms with E-state index in [1.165, 1.54) is 25.3 Å². The molecular formula is C13H15F3N2O4. The molecule has 6 nitrogen and oxygen atoms in total. The highest BCUT2D eigenvalue weighted by Crippen LogP contribution is 2.28. The highest BCUT2D eigenvalue weighted by molar-refractivity contribution is 5.76. The molecule has 0 bridgehead atoms. The molecule has 0 aromatic heterocycles. The topological polar surface area (TPSA) is 90.7 Å². The van der Waals surface area contributed by atoms with E-state index >= 15 is 0 Å². The Hall–Kier alpha value is -2.45. The fourth-order valence-electron chi connectivity index (χ4n) is 1.54. The Bertz CT molecular complexity index is 547. The summed E-state index contributed by atoms with van der Waals surface area (Å²) in [5.41, 5.74) is 5.46. The summed E-state index contributed by atoms with van der Waals surface area (Å²) in [6.07, 6.45) is -6.09. The minimum atomic E-state index is -4.55. The first-order chi connectivity index (χ1) is 10.2. The van der Waals surface area contributed by atoms with Gasteiger partial charge in [-0.3, -0.25) is 9.59 Å². The molecule has 3 N–H and O–H groups in total. The number of rotatable bonds is 7. The van der Waals surface area contributed by atoms with E-state index in [4.69, 9.17) is 15.2 Å². The third-order valence-corrected chi connectivity index (χ3v) is 2.45. The molecule has 0 heterocycles. The highest BCUT2D eigenvalue weighted by atomic mass is 19.4. The molecule has 0 unspecified atom stereocenters. The van der Waals surface area contributed by atoms with Crippen LogP contribution >= 0.6 is 0 Å². The molecule has 0 radical (unpaired) electrons. The molecule has 0 saturated carbocycles. The normalized spacial score (nSPS) is 10.9. The van der Waals surface area contributed by atoms with E-state index in [1.807, 2.05) is 0 Å². The number of alkyl halides is 3. The molecule has 0 atom stereocenters. The number of nitrogens with two attached hydrogens (primary N) is 1. The number of benzene rings is 1. The quantitative estimate of drug-likeness (QED) is 0.788. The summed E-state index contributed by atoms with van der Waals surface area (Å²) in [7, 11) is 1.36. The van der Waals surface area contributed by atoms with Gasteiger partial charge in [-0.1, -0.05) is 6.07 Å². The van der Waals surface area contributed by atoms with Crippen LogP contribution in [-0.4, -0.2) is 31.7 Å². The Labute approximate surface area is 124 Å². The van der Waals surface area contributed by atoms with Crippen LogP contribution < -0.4 is 20.5 Å². The lowest BCUT2D eigenvalue weighted by molar-refractivity contribution is -0.153. The van der Waals surface area contributed by atoms with E-state index in [0.717, 1.165) is 0 Å². The van der Waals surface area contributed by atoms with Gasteiger partial charge in [0, 0.05) is 6.54 Å². The lowest BCUT2D eigenvalue weighted by Gasteiger charge is -2.12. The second kappa shape index (κ2) is 7.53. The third-order valence-electron chi connectivity index (χ3n) is 2.45. The monoisotopic (exact) mass is 320 g/mol. The molecular weight excluding hydrogens is 305 g/mol. The molecule has 0 aliphatic rings. The second-order valence-electron chi connectivity index (χ2n) is 4.31. The Balaban J connectivity index is 2.65. The first-order valence-electron chi connectivity index (χ1n) is 6.12. The number of methoxy groups -OCH3 is 1. The molecule has 0 aliphatic heterocycles. The minimum absolute atomic E-state index is 0.0959. The summed E-state index contributed by atoms with van der Waals surface area (Å²) in [6, 6.07) is 4.46. The van der Waals surface area contributed by atoms with Gasteiger partial charge in [0.25, 0.3) is 5.91 Å². The van der Waals surface area contributed by atoms with Crippen molar-refractivity contribution in [3.63, 3.8) is 0 Å². The summed E-state index contributed by atoms with van der Waals surface area (Å²) in [6.45, 7) is -0.431. The Morgan fingerprint density at radius 3 is 2.50 bits per heavy atom. The molecule has 22 heavy (non-hydrogen) atoms. The van der Waals surface area contributed by atoms with Crippen LogP contribution in [-0.2, 0) is 16.1 Å². The first kappa shape index (κ1) is 17.6. The van der Waals surface area contributed by atoms with Crippen LogP contribution in [0.15, 0.2) is 18.2 Å². The van der Waals surface area contributed by atoms with Gasteiger partial charge < -0.3 is 20.5 Å². The zero-order valence-electron chi connectivity index (χ0n) is 11.7. The molecule has 0 saturated heterocycles. The van der Waals surface area contributed by atoms with Crippen LogP contribution in [0.1, 0.15) is 12.0 Å². The average Bonchev–Trinajstić information content (AvgIpc) is 2.41. The van der Waals surface area contributed by atoms with Crippen LogP contribution in [0.5, 0.6) is 11.5 Å². The molecule has 2 amide bonds. The van der Waals surface area contributed by atoms with Gasteiger partial charge in [0.15, 0.2) is 18.1 Å². The number of amides is 2. The van der Waals surface area contributed by atoms with Crippen LogP contribution in [0.3, 0.4) is 0 Å². The SMILES string of the molecule is COc1cc(CNC(=O)CC(F)(F)F)ccc1OCC(N)=O. The smallest absolute Gasteiger partial charge is 0.397 e. The maximum absolute atomic E-state index is 12.0. The van der Waals surface area contributed by atoms with E-state index in [0.29, 0.717) is 5.56 Å². The lowest BCUT2D eigenvalue weighted by atomic mass is 10.2. The van der Waals surface area contributed by atoms with Gasteiger partial charge in [-0.05, 0) is 17.7 Å². The predicted molar refractivity (Wildman–Crippen MR) is 70.2 cm³/mol. The minimum Gasteiger partial charge on any atom is -0.493 e. The van der Waals surface area contributed by atoms with Gasteiger partial charge in [-0.2, -0.15) is 13.2 Å². The number of primary amides is 1. The molecule has 9 heteroatoms. The Kier molecular flexibility index (Phi) is 6.02. The summed E-state index contributed by atoms with van der Waals surface area (Å²) in [4.78, 5) is 21.7. The number of ether oxygens (including phenoxy) is 2. The lowest BCUT2D eigenvalue weighted by Crippen LogP contribution is -2.28. The number of hydrogen-bond donors (Lipinski definition) is 2. The highest BCUT2D eigenvalue weighted by Gasteiger charge is 2.30. The first-order valence-corrected chi connectivity index (χ1v) is 6.12.